The highest BCUT2D eigenvalue weighted by molar-refractivity contribution is 7.99. The van der Waals surface area contributed by atoms with Crippen LogP contribution in [0, 0.1) is 5.92 Å². The van der Waals surface area contributed by atoms with Crippen molar-refractivity contribution in [1.82, 2.24) is 15.3 Å². The van der Waals surface area contributed by atoms with E-state index in [1.54, 1.807) is 18.1 Å². The number of aromatic nitrogens is 2. The third-order valence-corrected chi connectivity index (χ3v) is 4.21. The molecule has 1 N–H and O–H groups in total. The van der Waals surface area contributed by atoms with E-state index in [0.717, 1.165) is 21.7 Å². The van der Waals surface area contributed by atoms with Crippen LogP contribution in [-0.2, 0) is 0 Å². The van der Waals surface area contributed by atoms with Gasteiger partial charge in [0.25, 0.3) is 0 Å². The lowest BCUT2D eigenvalue weighted by Gasteiger charge is -2.19. The molecule has 0 radical (unpaired) electrons. The average Bonchev–Trinajstić information content (AvgIpc) is 2.39. The van der Waals surface area contributed by atoms with Crippen molar-refractivity contribution >= 4 is 22.7 Å². The highest BCUT2D eigenvalue weighted by atomic mass is 32.2. The van der Waals surface area contributed by atoms with Crippen molar-refractivity contribution < 1.29 is 0 Å². The van der Waals surface area contributed by atoms with E-state index in [0.29, 0.717) is 12.0 Å². The Hall–Kier alpha value is -1.13. The molecule has 0 aliphatic carbocycles. The summed E-state index contributed by atoms with van der Waals surface area (Å²) in [7, 11) is 2.02. The van der Waals surface area contributed by atoms with Crippen LogP contribution in [0.2, 0.25) is 0 Å². The van der Waals surface area contributed by atoms with E-state index >= 15 is 0 Å². The number of benzene rings is 1. The lowest BCUT2D eigenvalue weighted by molar-refractivity contribution is 0.465. The molecular formula is C14H19N3S. The van der Waals surface area contributed by atoms with Crippen LogP contribution in [0.5, 0.6) is 0 Å². The van der Waals surface area contributed by atoms with Crippen molar-refractivity contribution in [2.75, 3.05) is 12.8 Å². The van der Waals surface area contributed by atoms with Gasteiger partial charge in [-0.05, 0) is 19.0 Å². The van der Waals surface area contributed by atoms with Crippen molar-refractivity contribution in [3.63, 3.8) is 0 Å². The van der Waals surface area contributed by atoms with Crippen molar-refractivity contribution in [1.29, 1.82) is 0 Å². The van der Waals surface area contributed by atoms with Crippen LogP contribution < -0.4 is 5.32 Å². The third-order valence-electron chi connectivity index (χ3n) is 3.08. The molecule has 0 saturated carbocycles. The smallest absolute Gasteiger partial charge is 0.117 e. The molecule has 4 heteroatoms. The zero-order chi connectivity index (χ0) is 13.0. The van der Waals surface area contributed by atoms with E-state index in [2.05, 4.69) is 35.2 Å². The fourth-order valence-electron chi connectivity index (χ4n) is 1.87. The fraction of sp³-hybridized carbons (Fsp3) is 0.429. The van der Waals surface area contributed by atoms with Crippen LogP contribution in [-0.4, -0.2) is 28.8 Å². The average molecular weight is 261 g/mol. The molecule has 1 aromatic carbocycles. The van der Waals surface area contributed by atoms with Gasteiger partial charge in [0.15, 0.2) is 0 Å². The molecule has 0 fully saturated rings. The first kappa shape index (κ1) is 13.3. The third kappa shape index (κ3) is 3.00. The normalized spacial score (nSPS) is 13.1. The zero-order valence-corrected chi connectivity index (χ0v) is 11.9. The summed E-state index contributed by atoms with van der Waals surface area (Å²) in [5.74, 6) is 1.64. The maximum Gasteiger partial charge on any atom is 0.117 e. The molecule has 18 heavy (non-hydrogen) atoms. The summed E-state index contributed by atoms with van der Waals surface area (Å²) in [5, 5.41) is 5.57. The Bertz CT molecular complexity index is 508. The second kappa shape index (κ2) is 6.16. The van der Waals surface area contributed by atoms with Crippen molar-refractivity contribution in [2.45, 2.75) is 24.9 Å². The van der Waals surface area contributed by atoms with Gasteiger partial charge in [0.05, 0.1) is 5.52 Å². The maximum atomic E-state index is 4.40. The van der Waals surface area contributed by atoms with Gasteiger partial charge in [0.1, 0.15) is 11.4 Å². The minimum absolute atomic E-state index is 0.503. The van der Waals surface area contributed by atoms with Gasteiger partial charge in [-0.15, -0.1) is 11.8 Å². The summed E-state index contributed by atoms with van der Waals surface area (Å²) >= 11 is 1.80. The van der Waals surface area contributed by atoms with Crippen molar-refractivity contribution in [3.8, 4) is 0 Å². The molecular weight excluding hydrogens is 242 g/mol. The topological polar surface area (TPSA) is 37.8 Å². The van der Waals surface area contributed by atoms with Gasteiger partial charge in [0, 0.05) is 17.2 Å². The van der Waals surface area contributed by atoms with Crippen LogP contribution >= 0.6 is 11.8 Å². The standard InChI is InChI=1S/C14H19N3S/c1-10(2)13(15-3)8-18-14-11-6-4-5-7-12(11)16-9-17-14/h4-7,9-10,13,15H,8H2,1-3H3. The summed E-state index contributed by atoms with van der Waals surface area (Å²) in [4.78, 5) is 8.68. The van der Waals surface area contributed by atoms with Crippen LogP contribution in [0.4, 0.5) is 0 Å². The Morgan fingerprint density at radius 2 is 2.00 bits per heavy atom. The Labute approximate surface area is 112 Å². The molecule has 1 heterocycles. The maximum absolute atomic E-state index is 4.40. The lowest BCUT2D eigenvalue weighted by Crippen LogP contribution is -2.32. The first-order valence-electron chi connectivity index (χ1n) is 6.22. The molecule has 1 aromatic heterocycles. The van der Waals surface area contributed by atoms with Gasteiger partial charge in [-0.25, -0.2) is 9.97 Å². The molecule has 2 rings (SSSR count). The Kier molecular flexibility index (Phi) is 4.55. The number of nitrogens with zero attached hydrogens (tertiary/aromatic N) is 2. The number of thioether (sulfide) groups is 1. The molecule has 0 spiro atoms. The largest absolute Gasteiger partial charge is 0.316 e. The molecule has 3 nitrogen and oxygen atoms in total. The van der Waals surface area contributed by atoms with Gasteiger partial charge in [-0.1, -0.05) is 32.0 Å². The Balaban J connectivity index is 2.17. The van der Waals surface area contributed by atoms with Gasteiger partial charge < -0.3 is 5.32 Å². The second-order valence-corrected chi connectivity index (χ2v) is 5.65. The molecule has 0 aliphatic rings. The van der Waals surface area contributed by atoms with Gasteiger partial charge in [0.2, 0.25) is 0 Å². The summed E-state index contributed by atoms with van der Waals surface area (Å²) in [6, 6.07) is 8.66. The van der Waals surface area contributed by atoms with E-state index in [1.807, 2.05) is 25.2 Å². The number of nitrogens with one attached hydrogen (secondary N) is 1. The highest BCUT2D eigenvalue weighted by Crippen LogP contribution is 2.25. The van der Waals surface area contributed by atoms with Crippen molar-refractivity contribution in [3.05, 3.63) is 30.6 Å². The number of rotatable bonds is 5. The van der Waals surface area contributed by atoms with Crippen molar-refractivity contribution in [2.24, 2.45) is 5.92 Å². The number of para-hydroxylation sites is 1. The summed E-state index contributed by atoms with van der Waals surface area (Å²) in [6.07, 6.45) is 1.65. The minimum Gasteiger partial charge on any atom is -0.316 e. The van der Waals surface area contributed by atoms with E-state index in [4.69, 9.17) is 0 Å². The highest BCUT2D eigenvalue weighted by Gasteiger charge is 2.12. The zero-order valence-electron chi connectivity index (χ0n) is 11.1. The van der Waals surface area contributed by atoms with E-state index in [-0.39, 0.29) is 0 Å². The number of hydrogen-bond donors (Lipinski definition) is 1. The molecule has 1 unspecified atom stereocenters. The first-order valence-corrected chi connectivity index (χ1v) is 7.20. The lowest BCUT2D eigenvalue weighted by atomic mass is 10.1. The van der Waals surface area contributed by atoms with Gasteiger partial charge in [-0.2, -0.15) is 0 Å². The van der Waals surface area contributed by atoms with Gasteiger partial charge in [-0.3, -0.25) is 0 Å². The fourth-order valence-corrected chi connectivity index (χ4v) is 3.21. The van der Waals surface area contributed by atoms with Crippen LogP contribution in [0.15, 0.2) is 35.6 Å². The molecule has 0 aliphatic heterocycles. The molecule has 2 aromatic rings. The quantitative estimate of drug-likeness (QED) is 0.663. The van der Waals surface area contributed by atoms with E-state index < -0.39 is 0 Å². The molecule has 0 amide bonds. The van der Waals surface area contributed by atoms with Crippen LogP contribution in [0.25, 0.3) is 10.9 Å². The van der Waals surface area contributed by atoms with Crippen LogP contribution in [0.1, 0.15) is 13.8 Å². The first-order chi connectivity index (χ1) is 8.72. The van der Waals surface area contributed by atoms with Gasteiger partial charge >= 0.3 is 0 Å². The number of hydrogen-bond acceptors (Lipinski definition) is 4. The minimum atomic E-state index is 0.503. The second-order valence-electron chi connectivity index (χ2n) is 4.65. The summed E-state index contributed by atoms with van der Waals surface area (Å²) < 4.78 is 0. The Morgan fingerprint density at radius 1 is 1.22 bits per heavy atom. The predicted molar refractivity (Wildman–Crippen MR) is 77.9 cm³/mol. The molecule has 0 bridgehead atoms. The van der Waals surface area contributed by atoms with Crippen LogP contribution in [0.3, 0.4) is 0 Å². The Morgan fingerprint density at radius 3 is 2.72 bits per heavy atom. The SMILES string of the molecule is CNC(CSc1ncnc2ccccc12)C(C)C. The summed E-state index contributed by atoms with van der Waals surface area (Å²) in [5.41, 5.74) is 1.01. The number of fused-ring (bicyclic) bond motifs is 1. The molecule has 96 valence electrons. The summed E-state index contributed by atoms with van der Waals surface area (Å²) in [6.45, 7) is 4.47. The predicted octanol–water partition coefficient (Wildman–Crippen LogP) is 2.97. The molecule has 0 saturated heterocycles. The van der Waals surface area contributed by atoms with E-state index in [1.165, 1.54) is 0 Å². The molecule has 1 atom stereocenters. The monoisotopic (exact) mass is 261 g/mol. The van der Waals surface area contributed by atoms with E-state index in [9.17, 15) is 0 Å².